The molecule has 2 aromatic heterocycles. The largest absolute Gasteiger partial charge is 0.466 e. The maximum Gasteiger partial charge on any atom is 0.311 e. The van der Waals surface area contributed by atoms with Crippen molar-refractivity contribution in [2.45, 2.75) is 19.4 Å². The zero-order chi connectivity index (χ0) is 23.8. The molecule has 6 nitrogen and oxygen atoms in total. The van der Waals surface area contributed by atoms with Crippen LogP contribution in [0.5, 0.6) is 0 Å². The number of esters is 1. The van der Waals surface area contributed by atoms with Crippen LogP contribution in [0.2, 0.25) is 0 Å². The summed E-state index contributed by atoms with van der Waals surface area (Å²) in [5.74, 6) is 1.40. The van der Waals surface area contributed by atoms with Gasteiger partial charge in [0.1, 0.15) is 5.82 Å². The summed E-state index contributed by atoms with van der Waals surface area (Å²) in [7, 11) is 0. The number of benzene rings is 2. The number of rotatable bonds is 6. The lowest BCUT2D eigenvalue weighted by molar-refractivity contribution is -0.149. The highest BCUT2D eigenvalue weighted by molar-refractivity contribution is 6.02. The zero-order valence-electron chi connectivity index (χ0n) is 19.5. The summed E-state index contributed by atoms with van der Waals surface area (Å²) >= 11 is 0. The molecule has 0 aliphatic heterocycles. The average molecular weight is 463 g/mol. The first-order chi connectivity index (χ1) is 17.2. The number of pyridine rings is 1. The Bertz CT molecular complexity index is 1400. The number of nitrogens with zero attached hydrogens (tertiary/aromatic N) is 3. The van der Waals surface area contributed by atoms with Gasteiger partial charge >= 0.3 is 5.97 Å². The topological polar surface area (TPSA) is 77.0 Å². The highest BCUT2D eigenvalue weighted by Gasteiger charge is 2.49. The summed E-state index contributed by atoms with van der Waals surface area (Å²) in [4.78, 5) is 27.1. The Morgan fingerprint density at radius 2 is 1.80 bits per heavy atom. The summed E-state index contributed by atoms with van der Waals surface area (Å²) < 4.78 is 5.47. The molecule has 4 aromatic rings. The van der Waals surface area contributed by atoms with Gasteiger partial charge < -0.3 is 10.1 Å². The highest BCUT2D eigenvalue weighted by Crippen LogP contribution is 2.46. The monoisotopic (exact) mass is 462 g/mol. The molecule has 2 aliphatic carbocycles. The number of hydrogen-bond donors (Lipinski definition) is 1. The minimum atomic E-state index is -0.235. The molecule has 0 saturated heterocycles. The van der Waals surface area contributed by atoms with Gasteiger partial charge in [0.25, 0.3) is 0 Å². The van der Waals surface area contributed by atoms with E-state index in [0.29, 0.717) is 12.4 Å². The maximum absolute atomic E-state index is 12.9. The van der Waals surface area contributed by atoms with Crippen LogP contribution in [0.4, 0.5) is 5.82 Å². The molecule has 35 heavy (non-hydrogen) atoms. The van der Waals surface area contributed by atoms with Crippen LogP contribution in [0, 0.1) is 17.8 Å². The summed E-state index contributed by atoms with van der Waals surface area (Å²) in [6, 6.07) is 20.1. The van der Waals surface area contributed by atoms with Gasteiger partial charge in [-0.1, -0.05) is 54.6 Å². The molecular formula is C29H26N4O2. The summed E-state index contributed by atoms with van der Waals surface area (Å²) in [5, 5.41) is 4.65. The van der Waals surface area contributed by atoms with Crippen molar-refractivity contribution in [2.24, 2.45) is 17.8 Å². The van der Waals surface area contributed by atoms with E-state index in [9.17, 15) is 4.79 Å². The molecule has 1 saturated carbocycles. The van der Waals surface area contributed by atoms with Crippen LogP contribution in [0.15, 0.2) is 85.2 Å². The second-order valence-electron chi connectivity index (χ2n) is 9.10. The fourth-order valence-electron chi connectivity index (χ4n) is 5.51. The number of carbonyl (C=O) groups excluding carboxylic acids is 1. The van der Waals surface area contributed by atoms with Gasteiger partial charge in [-0.3, -0.25) is 9.78 Å². The molecule has 4 atom stereocenters. The Labute approximate surface area is 204 Å². The predicted molar refractivity (Wildman–Crippen MR) is 136 cm³/mol. The van der Waals surface area contributed by atoms with Gasteiger partial charge in [0.15, 0.2) is 5.82 Å². The van der Waals surface area contributed by atoms with Crippen molar-refractivity contribution in [1.82, 2.24) is 15.0 Å². The average Bonchev–Trinajstić information content (AvgIpc) is 3.51. The van der Waals surface area contributed by atoms with E-state index >= 15 is 0 Å². The molecule has 2 aliphatic rings. The fourth-order valence-corrected chi connectivity index (χ4v) is 5.51. The first kappa shape index (κ1) is 21.5. The van der Waals surface area contributed by atoms with Crippen LogP contribution >= 0.6 is 0 Å². The Morgan fingerprint density at radius 1 is 0.971 bits per heavy atom. The SMILES string of the molecule is CCOC(=O)C1C2C=CC(C2)C1Nc1nc(-c2cccnc2)nc2cccc(-c3ccccc3)c12. The number of nitrogens with one attached hydrogen (secondary N) is 1. The van der Waals surface area contributed by atoms with Gasteiger partial charge in [0.2, 0.25) is 0 Å². The molecule has 2 heterocycles. The van der Waals surface area contributed by atoms with Crippen LogP contribution < -0.4 is 5.32 Å². The Balaban J connectivity index is 1.51. The molecule has 1 fully saturated rings. The van der Waals surface area contributed by atoms with Crippen LogP contribution in [0.25, 0.3) is 33.4 Å². The molecule has 0 amide bonds. The van der Waals surface area contributed by atoms with Gasteiger partial charge in [-0.25, -0.2) is 9.97 Å². The fraction of sp³-hybridized carbons (Fsp3) is 0.241. The molecule has 0 spiro atoms. The number of carbonyl (C=O) groups is 1. The number of allylic oxidation sites excluding steroid dienone is 1. The third-order valence-corrected chi connectivity index (χ3v) is 7.05. The smallest absolute Gasteiger partial charge is 0.311 e. The van der Waals surface area contributed by atoms with Crippen LogP contribution in [-0.4, -0.2) is 33.6 Å². The second-order valence-corrected chi connectivity index (χ2v) is 9.10. The third kappa shape index (κ3) is 3.85. The lowest BCUT2D eigenvalue weighted by atomic mass is 9.88. The first-order valence-corrected chi connectivity index (χ1v) is 12.1. The van der Waals surface area contributed by atoms with E-state index < -0.39 is 0 Å². The number of hydrogen-bond acceptors (Lipinski definition) is 6. The summed E-state index contributed by atoms with van der Waals surface area (Å²) in [6.45, 7) is 2.23. The number of ether oxygens (including phenoxy) is 1. The zero-order valence-corrected chi connectivity index (χ0v) is 19.5. The van der Waals surface area contributed by atoms with Gasteiger partial charge in [0, 0.05) is 24.0 Å². The van der Waals surface area contributed by atoms with Gasteiger partial charge in [-0.15, -0.1) is 0 Å². The van der Waals surface area contributed by atoms with Crippen molar-refractivity contribution in [2.75, 3.05) is 11.9 Å². The molecule has 1 N–H and O–H groups in total. The Hall–Kier alpha value is -4.06. The van der Waals surface area contributed by atoms with E-state index in [-0.39, 0.29) is 29.8 Å². The Morgan fingerprint density at radius 3 is 2.60 bits per heavy atom. The van der Waals surface area contributed by atoms with E-state index in [0.717, 1.165) is 39.8 Å². The van der Waals surface area contributed by atoms with E-state index in [1.54, 1.807) is 12.4 Å². The molecule has 4 unspecified atom stereocenters. The van der Waals surface area contributed by atoms with Crippen molar-refractivity contribution in [3.63, 3.8) is 0 Å². The molecular weight excluding hydrogens is 436 g/mol. The standard InChI is InChI=1S/C29H26N4O2/c1-2-35-29(34)24-19-13-14-20(16-19)26(24)32-28-25-22(18-8-4-3-5-9-18)11-6-12-23(25)31-27(33-28)21-10-7-15-30-17-21/h3-15,17,19-20,24,26H,2,16H2,1H3,(H,31,32,33). The molecule has 174 valence electrons. The van der Waals surface area contributed by atoms with E-state index in [1.165, 1.54) is 0 Å². The lowest BCUT2D eigenvalue weighted by Gasteiger charge is -2.28. The van der Waals surface area contributed by atoms with Crippen molar-refractivity contribution < 1.29 is 9.53 Å². The first-order valence-electron chi connectivity index (χ1n) is 12.1. The van der Waals surface area contributed by atoms with Gasteiger partial charge in [-0.05, 0) is 54.5 Å². The number of aromatic nitrogens is 3. The Kier molecular flexibility index (Phi) is 5.49. The summed E-state index contributed by atoms with van der Waals surface area (Å²) in [5.41, 5.74) is 3.83. The van der Waals surface area contributed by atoms with Gasteiger partial charge in [0.05, 0.1) is 23.4 Å². The second kappa shape index (κ2) is 8.95. The third-order valence-electron chi connectivity index (χ3n) is 7.05. The molecule has 6 heteroatoms. The van der Waals surface area contributed by atoms with Crippen molar-refractivity contribution in [3.05, 3.63) is 85.2 Å². The highest BCUT2D eigenvalue weighted by atomic mass is 16.5. The summed E-state index contributed by atoms with van der Waals surface area (Å²) in [6.07, 6.45) is 8.85. The van der Waals surface area contributed by atoms with Crippen LogP contribution in [0.3, 0.4) is 0 Å². The number of fused-ring (bicyclic) bond motifs is 3. The lowest BCUT2D eigenvalue weighted by Crippen LogP contribution is -2.39. The van der Waals surface area contributed by atoms with Crippen molar-refractivity contribution in [1.29, 1.82) is 0 Å². The maximum atomic E-state index is 12.9. The van der Waals surface area contributed by atoms with Crippen LogP contribution in [-0.2, 0) is 9.53 Å². The normalized spacial score (nSPS) is 22.4. The van der Waals surface area contributed by atoms with Crippen molar-refractivity contribution >= 4 is 22.7 Å². The van der Waals surface area contributed by atoms with E-state index in [2.05, 4.69) is 40.7 Å². The quantitative estimate of drug-likeness (QED) is 0.300. The molecule has 2 aromatic carbocycles. The molecule has 0 radical (unpaired) electrons. The molecule has 6 rings (SSSR count). The van der Waals surface area contributed by atoms with Crippen LogP contribution in [0.1, 0.15) is 13.3 Å². The van der Waals surface area contributed by atoms with E-state index in [4.69, 9.17) is 14.7 Å². The number of anilines is 1. The van der Waals surface area contributed by atoms with Crippen molar-refractivity contribution in [3.8, 4) is 22.5 Å². The minimum Gasteiger partial charge on any atom is -0.466 e. The molecule has 2 bridgehead atoms. The minimum absolute atomic E-state index is 0.0901. The van der Waals surface area contributed by atoms with Gasteiger partial charge in [-0.2, -0.15) is 0 Å². The predicted octanol–water partition coefficient (Wildman–Crippen LogP) is 5.52. The van der Waals surface area contributed by atoms with E-state index in [1.807, 2.05) is 49.4 Å².